The van der Waals surface area contributed by atoms with Crippen LogP contribution >= 0.6 is 11.8 Å². The van der Waals surface area contributed by atoms with Gasteiger partial charge in [-0.05, 0) is 77.6 Å². The lowest BCUT2D eigenvalue weighted by Crippen LogP contribution is -2.61. The number of carbonyl (C=O) groups excluding carboxylic acids is 15. The lowest BCUT2D eigenvalue weighted by molar-refractivity contribution is -0.151. The third kappa shape index (κ3) is 32.1. The molecule has 1 fully saturated rings. The first kappa shape index (κ1) is 102. The number of unbranched alkanes of at least 4 members (excludes halogenated alkanes) is 1. The molecule has 39 nitrogen and oxygen atoms in total. The molecule has 694 valence electrons. The van der Waals surface area contributed by atoms with Crippen LogP contribution in [0.25, 0.3) is 10.9 Å². The Labute approximate surface area is 750 Å². The number of phenols is 1. The van der Waals surface area contributed by atoms with Gasteiger partial charge in [0, 0.05) is 103 Å². The first-order chi connectivity index (χ1) is 61.3. The summed E-state index contributed by atoms with van der Waals surface area (Å²) in [5.41, 5.74) is 14.0. The summed E-state index contributed by atoms with van der Waals surface area (Å²) in [5.74, 6) is -20.1. The van der Waals surface area contributed by atoms with Crippen molar-refractivity contribution < 1.29 is 96.8 Å². The van der Waals surface area contributed by atoms with E-state index in [0.717, 1.165) is 36.3 Å². The van der Waals surface area contributed by atoms with Crippen molar-refractivity contribution in [3.05, 3.63) is 174 Å². The number of nitrogens with two attached hydrogens (primary N) is 2. The molecule has 5 aromatic carbocycles. The molecule has 1 saturated heterocycles. The Morgan fingerprint density at radius 1 is 0.481 bits per heavy atom. The van der Waals surface area contributed by atoms with Gasteiger partial charge in [-0.25, -0.2) is 0 Å². The van der Waals surface area contributed by atoms with Gasteiger partial charge in [0.25, 0.3) is 0 Å². The number of hydrogen-bond acceptors (Lipinski definition) is 20. The summed E-state index contributed by atoms with van der Waals surface area (Å²) in [6.45, 7) is 2.49. The molecule has 6 aromatic rings. The Morgan fingerprint density at radius 3 is 1.55 bits per heavy atom. The summed E-state index contributed by atoms with van der Waals surface area (Å²) < 4.78 is 0. The quantitative estimate of drug-likeness (QED) is 0.0184. The molecule has 2 heterocycles. The third-order valence-corrected chi connectivity index (χ3v) is 22.6. The van der Waals surface area contributed by atoms with E-state index in [1.807, 2.05) is 6.92 Å². The van der Waals surface area contributed by atoms with Gasteiger partial charge in [0.15, 0.2) is 5.96 Å². The van der Waals surface area contributed by atoms with E-state index in [0.29, 0.717) is 51.6 Å². The Hall–Kier alpha value is -14.0. The standard InChI is InChI=1S/C89H117N19O20S/c1-9-10-32-68-86(126)105(5)49-73(112)97-65(45-76(116)117)82(122)103-77(52(2)3)88(128)107(7)69(42-54-25-16-12-17-26-54)83(123)100-62(31-22-39-93-89(91)92)84(124)104(4)48-72(111)96-64(44-57-46-94-60-30-21-20-29-59(57)60)81(121)101-63(40-56-33-35-58(109)36-34-56)80(120)99-61(37-38-75(114)115)79(119)102-67(78(118)95-47-71(90)110)50-129-51-74(113)98-66(41-53-23-14-11-15-24-53)85(125)108(8)70(87(127)106(68)6)43-55-27-18-13-19-28-55/h11-21,23-30,33-36,46,52,61-70,77,94,109H,9-10,22,31-32,37-45,47-51H2,1-8H3,(H2,90,110)(H,95,118)(H,96,111)(H,97,112)(H,98,113)(H,99,120)(H,100,123)(H,101,121)(H,102,119)(H,103,122)(H,114,115)(H,116,117)(H4,91,92,93)/t61-,62-,63-,64-,65-,66-,67-,68-,69-,70?,77-/m0/s1. The molecule has 0 bridgehead atoms. The number of guanidine groups is 1. The molecular weight excluding hydrogens is 1690 g/mol. The molecule has 1 aromatic heterocycles. The van der Waals surface area contributed by atoms with Gasteiger partial charge in [0.2, 0.25) is 88.6 Å². The molecule has 11 atom stereocenters. The van der Waals surface area contributed by atoms with Crippen LogP contribution in [0.4, 0.5) is 0 Å². The summed E-state index contributed by atoms with van der Waals surface area (Å²) in [6, 6.07) is 20.0. The Kier molecular flexibility index (Phi) is 39.9. The van der Waals surface area contributed by atoms with Gasteiger partial charge in [-0.15, -0.1) is 11.8 Å². The smallest absolute Gasteiger partial charge is 0.305 e. The number of primary amides is 1. The maximum Gasteiger partial charge on any atom is 0.305 e. The lowest BCUT2D eigenvalue weighted by Gasteiger charge is -2.37. The first-order valence-corrected chi connectivity index (χ1v) is 43.3. The monoisotopic (exact) mass is 1800 g/mol. The molecule has 15 amide bonds. The van der Waals surface area contributed by atoms with Crippen LogP contribution in [-0.2, 0) is 114 Å². The zero-order chi connectivity index (χ0) is 94.7. The fraction of sp³-hybridized carbons (Fsp3) is 0.438. The molecule has 40 heteroatoms. The molecular formula is C89H117N19O20S. The minimum absolute atomic E-state index is 0.00898. The van der Waals surface area contributed by atoms with Crippen LogP contribution in [0.5, 0.6) is 5.75 Å². The predicted octanol–water partition coefficient (Wildman–Crippen LogP) is -0.540. The second-order valence-electron chi connectivity index (χ2n) is 32.0. The summed E-state index contributed by atoms with van der Waals surface area (Å²) in [7, 11) is 6.40. The van der Waals surface area contributed by atoms with E-state index in [2.05, 4.69) is 58.2 Å². The van der Waals surface area contributed by atoms with Crippen LogP contribution in [0.3, 0.4) is 0 Å². The van der Waals surface area contributed by atoms with Gasteiger partial charge in [-0.2, -0.15) is 0 Å². The van der Waals surface area contributed by atoms with Gasteiger partial charge in [-0.3, -0.25) is 86.9 Å². The number of nitrogens with one attached hydrogen (secondary N) is 12. The minimum atomic E-state index is -1.92. The number of fused-ring (bicyclic) bond motifs is 1. The van der Waals surface area contributed by atoms with Gasteiger partial charge in [-0.1, -0.05) is 155 Å². The number of aliphatic carboxylic acids is 2. The number of likely N-dealkylation sites (N-methyl/N-ethyl adjacent to an activating group) is 5. The Morgan fingerprint density at radius 2 is 0.977 bits per heavy atom. The molecule has 1 aliphatic heterocycles. The number of hydrogen-bond donors (Lipinski definition) is 17. The van der Waals surface area contributed by atoms with E-state index in [1.54, 1.807) is 135 Å². The number of carbonyl (C=O) groups is 17. The van der Waals surface area contributed by atoms with Gasteiger partial charge in [0.1, 0.15) is 72.2 Å². The number of nitrogens with zero attached hydrogens (tertiary/aromatic N) is 5. The fourth-order valence-corrected chi connectivity index (χ4v) is 15.4. The van der Waals surface area contributed by atoms with Crippen molar-refractivity contribution in [1.29, 1.82) is 5.41 Å². The summed E-state index contributed by atoms with van der Waals surface area (Å²) >= 11 is 0.738. The van der Waals surface area contributed by atoms with E-state index in [1.165, 1.54) is 59.5 Å². The number of rotatable bonds is 26. The van der Waals surface area contributed by atoms with Crippen molar-refractivity contribution in [2.24, 2.45) is 17.4 Å². The maximum atomic E-state index is 15.5. The molecule has 0 aliphatic carbocycles. The van der Waals surface area contributed by atoms with Crippen molar-refractivity contribution in [3.63, 3.8) is 0 Å². The number of aromatic amines is 1. The van der Waals surface area contributed by atoms with E-state index in [-0.39, 0.29) is 57.2 Å². The number of para-hydroxylation sites is 1. The molecule has 0 spiro atoms. The molecule has 0 radical (unpaired) electrons. The zero-order valence-corrected chi connectivity index (χ0v) is 74.1. The van der Waals surface area contributed by atoms with Gasteiger partial charge < -0.3 is 109 Å². The normalized spacial score (nSPS) is 21.8. The topological polar surface area (TPSA) is 579 Å². The molecule has 1 unspecified atom stereocenters. The second kappa shape index (κ2) is 50.4. The van der Waals surface area contributed by atoms with Crippen LogP contribution in [0.1, 0.15) is 100.0 Å². The molecule has 19 N–H and O–H groups in total. The average Bonchev–Trinajstić information content (AvgIpc) is 1.75. The minimum Gasteiger partial charge on any atom is -0.508 e. The number of aromatic nitrogens is 1. The first-order valence-electron chi connectivity index (χ1n) is 42.1. The van der Waals surface area contributed by atoms with Crippen LogP contribution in [0, 0.1) is 11.3 Å². The number of carboxylic acids is 2. The van der Waals surface area contributed by atoms with E-state index >= 15 is 33.6 Å². The number of phenolic OH excluding ortho intramolecular Hbond substituents is 1. The van der Waals surface area contributed by atoms with E-state index < -0.39 is 236 Å². The highest BCUT2D eigenvalue weighted by atomic mass is 32.2. The van der Waals surface area contributed by atoms with Crippen molar-refractivity contribution in [1.82, 2.24) is 82.7 Å². The Balaban J connectivity index is 1.34. The number of aromatic hydroxyl groups is 1. The van der Waals surface area contributed by atoms with Crippen molar-refractivity contribution in [2.45, 2.75) is 171 Å². The second-order valence-corrected chi connectivity index (χ2v) is 33.0. The molecule has 129 heavy (non-hydrogen) atoms. The van der Waals surface area contributed by atoms with Gasteiger partial charge >= 0.3 is 11.9 Å². The van der Waals surface area contributed by atoms with Crippen molar-refractivity contribution >= 4 is 129 Å². The fourth-order valence-electron chi connectivity index (χ4n) is 14.5. The van der Waals surface area contributed by atoms with Gasteiger partial charge in [0.05, 0.1) is 31.8 Å². The van der Waals surface area contributed by atoms with Crippen LogP contribution in [0.15, 0.2) is 146 Å². The number of carboxylic acid groups (broad SMARTS) is 2. The van der Waals surface area contributed by atoms with Crippen LogP contribution < -0.4 is 64.6 Å². The highest BCUT2D eigenvalue weighted by Crippen LogP contribution is 2.24. The highest BCUT2D eigenvalue weighted by Gasteiger charge is 2.42. The maximum absolute atomic E-state index is 15.5. The van der Waals surface area contributed by atoms with Crippen molar-refractivity contribution in [2.75, 3.05) is 72.9 Å². The van der Waals surface area contributed by atoms with Crippen molar-refractivity contribution in [3.8, 4) is 5.75 Å². The van der Waals surface area contributed by atoms with E-state index in [4.69, 9.17) is 16.9 Å². The van der Waals surface area contributed by atoms with Crippen LogP contribution in [-0.4, -0.2) is 291 Å². The third-order valence-electron chi connectivity index (χ3n) is 21.6. The summed E-state index contributed by atoms with van der Waals surface area (Å²) in [6.07, 6.45) is -1.53. The van der Waals surface area contributed by atoms with Crippen LogP contribution in [0.2, 0.25) is 0 Å². The summed E-state index contributed by atoms with van der Waals surface area (Å²) in [4.78, 5) is 254. The SMILES string of the molecule is CCCC[C@H]1C(=O)N(C)CC(=O)N[C@@H](CC(=O)O)C(=O)N[C@@H](C(C)C)C(=O)N(C)[C@@H](Cc2ccccc2)C(=O)N[C@@H](CCCNC(=N)N)C(=O)N(C)CC(=O)N[C@@H](Cc2c[nH]c3ccccc23)C(=O)N[C@@H](Cc2ccc(O)cc2)C(=O)N[C@@H](CCC(=O)O)C(=O)N[C@H](C(=O)NCC(N)=O)CSCC(=O)N[C@@H](Cc2ccccc2)C(=O)N(C)C(Cc2ccccc2)C(=O)N1C. The lowest BCUT2D eigenvalue weighted by atomic mass is 9.98. The van der Waals surface area contributed by atoms with E-state index in [9.17, 15) is 63.3 Å². The molecule has 1 aliphatic rings. The zero-order valence-electron chi connectivity index (χ0n) is 73.3. The largest absolute Gasteiger partial charge is 0.508 e. The average molecular weight is 1810 g/mol. The molecule has 0 saturated carbocycles. The number of H-pyrrole nitrogens is 1. The Bertz CT molecular complexity index is 4930. The highest BCUT2D eigenvalue weighted by molar-refractivity contribution is 8.00. The predicted molar refractivity (Wildman–Crippen MR) is 477 cm³/mol. The number of amides is 15. The molecule has 7 rings (SSSR count). The number of benzene rings is 5. The number of thioether (sulfide) groups is 1. The summed E-state index contributed by atoms with van der Waals surface area (Å²) in [5, 5.41) is 64.8.